The van der Waals surface area contributed by atoms with Crippen LogP contribution in [0.3, 0.4) is 0 Å². The molecule has 0 aliphatic carbocycles. The van der Waals surface area contributed by atoms with Crippen molar-refractivity contribution in [2.24, 2.45) is 5.73 Å². The largest absolute Gasteiger partial charge is 0.421 e. The molecule has 0 radical (unpaired) electrons. The molecule has 13 heteroatoms. The summed E-state index contributed by atoms with van der Waals surface area (Å²) in [7, 11) is -12.4. The minimum absolute atomic E-state index is 0.0195. The van der Waals surface area contributed by atoms with E-state index in [1.165, 1.54) is 28.6 Å². The van der Waals surface area contributed by atoms with Crippen LogP contribution in [0.1, 0.15) is 37.8 Å². The van der Waals surface area contributed by atoms with E-state index in [0.29, 0.717) is 6.42 Å². The molecule has 2 N–H and O–H groups in total. The van der Waals surface area contributed by atoms with E-state index in [1.807, 2.05) is 13.8 Å². The van der Waals surface area contributed by atoms with Gasteiger partial charge in [-0.1, -0.05) is 39.5 Å². The number of nitrogens with zero attached hydrogens (tertiary/aromatic N) is 2. The monoisotopic (exact) mass is 575 g/mol. The van der Waals surface area contributed by atoms with E-state index in [-0.39, 0.29) is 55.6 Å². The fraction of sp³-hybridized carbons (Fsp3) is 0.500. The maximum Gasteiger partial charge on any atom is 0.421 e. The summed E-state index contributed by atoms with van der Waals surface area (Å²) in [5, 5.41) is 0. The third-order valence-electron chi connectivity index (χ3n) is 5.48. The molecule has 0 heterocycles. The summed E-state index contributed by atoms with van der Waals surface area (Å²) >= 11 is 0. The van der Waals surface area contributed by atoms with Gasteiger partial charge in [-0.25, -0.2) is 21.4 Å². The van der Waals surface area contributed by atoms with Gasteiger partial charge in [0.2, 0.25) is 10.0 Å². The van der Waals surface area contributed by atoms with E-state index in [9.17, 15) is 21.4 Å². The molecular formula is C24H38N3O7PS2. The van der Waals surface area contributed by atoms with Crippen LogP contribution in [0.4, 0.5) is 0 Å². The second-order valence-electron chi connectivity index (χ2n) is 8.38. The summed E-state index contributed by atoms with van der Waals surface area (Å²) < 4.78 is 80.2. The summed E-state index contributed by atoms with van der Waals surface area (Å²) in [5.41, 5.74) is 7.42. The Morgan fingerprint density at radius 1 is 0.730 bits per heavy atom. The first kappa shape index (κ1) is 31.6. The molecule has 37 heavy (non-hydrogen) atoms. The second-order valence-corrected chi connectivity index (χ2v) is 14.4. The summed E-state index contributed by atoms with van der Waals surface area (Å²) in [5.74, 6) is 0. The van der Waals surface area contributed by atoms with Crippen molar-refractivity contribution in [2.75, 3.05) is 39.4 Å². The smallest absolute Gasteiger partial charge is 0.330 e. The molecule has 2 aromatic rings. The molecule has 0 fully saturated rings. The van der Waals surface area contributed by atoms with Crippen molar-refractivity contribution in [2.45, 2.75) is 50.3 Å². The van der Waals surface area contributed by atoms with Crippen molar-refractivity contribution in [3.63, 3.8) is 0 Å². The Hall–Kier alpha value is -1.63. The van der Waals surface area contributed by atoms with Gasteiger partial charge in [-0.15, -0.1) is 0 Å². The van der Waals surface area contributed by atoms with E-state index in [2.05, 4.69) is 0 Å². The molecule has 0 atom stereocenters. The number of rotatable bonds is 16. The van der Waals surface area contributed by atoms with Crippen molar-refractivity contribution in [1.82, 2.24) is 8.38 Å². The van der Waals surface area contributed by atoms with Crippen molar-refractivity contribution in [3.05, 3.63) is 59.7 Å². The molecule has 0 saturated heterocycles. The fourth-order valence-electron chi connectivity index (χ4n) is 3.56. The minimum atomic E-state index is -4.29. The van der Waals surface area contributed by atoms with Gasteiger partial charge in [-0.3, -0.25) is 9.05 Å². The number of hydrogen-bond donors (Lipinski definition) is 1. The Bertz CT molecular complexity index is 1240. The van der Waals surface area contributed by atoms with Gasteiger partial charge in [0.05, 0.1) is 23.0 Å². The van der Waals surface area contributed by atoms with Crippen LogP contribution in [-0.4, -0.2) is 64.6 Å². The zero-order chi connectivity index (χ0) is 27.7. The molecule has 0 aliphatic rings. The van der Waals surface area contributed by atoms with Crippen molar-refractivity contribution in [3.8, 4) is 0 Å². The number of benzene rings is 2. The predicted molar refractivity (Wildman–Crippen MR) is 144 cm³/mol. The van der Waals surface area contributed by atoms with Crippen LogP contribution in [0.2, 0.25) is 0 Å². The van der Waals surface area contributed by atoms with Crippen LogP contribution in [0.25, 0.3) is 0 Å². The standard InChI is InChI=1S/C24H38N3O7PS2/c1-5-33-35(28,34-6-2)27(37(31,32)24-15-11-22(4)12-16-24)20-8-19-26(18-7-17-25)36(29,30)23-13-9-21(3)10-14-23/h9-16H,5-8,17-20,25H2,1-4H3. The summed E-state index contributed by atoms with van der Waals surface area (Å²) in [6.45, 7) is 6.93. The zero-order valence-electron chi connectivity index (χ0n) is 21.9. The Morgan fingerprint density at radius 2 is 1.16 bits per heavy atom. The minimum Gasteiger partial charge on any atom is -0.330 e. The van der Waals surface area contributed by atoms with E-state index in [4.69, 9.17) is 14.8 Å². The van der Waals surface area contributed by atoms with Crippen LogP contribution >= 0.6 is 7.75 Å². The molecule has 0 unspecified atom stereocenters. The van der Waals surface area contributed by atoms with Crippen molar-refractivity contribution in [1.29, 1.82) is 0 Å². The lowest BCUT2D eigenvalue weighted by atomic mass is 10.2. The fourth-order valence-corrected chi connectivity index (χ4v) is 9.16. The van der Waals surface area contributed by atoms with E-state index in [0.717, 1.165) is 15.2 Å². The Balaban J connectivity index is 2.38. The molecule has 0 aromatic heterocycles. The van der Waals surface area contributed by atoms with Crippen LogP contribution in [0.15, 0.2) is 58.3 Å². The average Bonchev–Trinajstić information content (AvgIpc) is 2.84. The Kier molecular flexibility index (Phi) is 11.9. The highest BCUT2D eigenvalue weighted by Crippen LogP contribution is 2.54. The van der Waals surface area contributed by atoms with Gasteiger partial charge in [0.15, 0.2) is 0 Å². The van der Waals surface area contributed by atoms with Gasteiger partial charge in [0, 0.05) is 19.6 Å². The summed E-state index contributed by atoms with van der Waals surface area (Å²) in [6, 6.07) is 12.6. The summed E-state index contributed by atoms with van der Waals surface area (Å²) in [4.78, 5) is 0.0681. The third kappa shape index (κ3) is 8.18. The van der Waals surface area contributed by atoms with Crippen LogP contribution in [-0.2, 0) is 33.7 Å². The number of sulfonamides is 2. The van der Waals surface area contributed by atoms with Crippen molar-refractivity contribution < 1.29 is 30.4 Å². The molecule has 10 nitrogen and oxygen atoms in total. The molecule has 0 spiro atoms. The molecular weight excluding hydrogens is 537 g/mol. The molecule has 0 saturated carbocycles. The van der Waals surface area contributed by atoms with Gasteiger partial charge in [0.25, 0.3) is 10.0 Å². The second kappa shape index (κ2) is 14.0. The maximum absolute atomic E-state index is 13.7. The van der Waals surface area contributed by atoms with Crippen molar-refractivity contribution >= 4 is 27.8 Å². The topological polar surface area (TPSA) is 136 Å². The highest BCUT2D eigenvalue weighted by Gasteiger charge is 2.42. The lowest BCUT2D eigenvalue weighted by Crippen LogP contribution is -2.37. The maximum atomic E-state index is 13.7. The van der Waals surface area contributed by atoms with E-state index < -0.39 is 27.8 Å². The number of nitrogens with two attached hydrogens (primary N) is 1. The first-order chi connectivity index (χ1) is 17.4. The predicted octanol–water partition coefficient (Wildman–Crippen LogP) is 3.91. The van der Waals surface area contributed by atoms with Crippen LogP contribution in [0, 0.1) is 13.8 Å². The molecule has 0 amide bonds. The molecule has 2 rings (SSSR count). The van der Waals surface area contributed by atoms with E-state index in [1.54, 1.807) is 38.1 Å². The van der Waals surface area contributed by atoms with Gasteiger partial charge < -0.3 is 5.73 Å². The number of hydrogen-bond acceptors (Lipinski definition) is 8. The third-order valence-corrected chi connectivity index (χ3v) is 12.2. The van der Waals surface area contributed by atoms with Gasteiger partial charge in [-0.05, 0) is 71.3 Å². The Morgan fingerprint density at radius 3 is 1.59 bits per heavy atom. The molecule has 0 bridgehead atoms. The number of aryl methyl sites for hydroxylation is 2. The highest BCUT2D eigenvalue weighted by molar-refractivity contribution is 7.94. The first-order valence-corrected chi connectivity index (χ1v) is 16.6. The van der Waals surface area contributed by atoms with Crippen LogP contribution < -0.4 is 5.73 Å². The molecule has 2 aromatic carbocycles. The molecule has 0 aliphatic heterocycles. The van der Waals surface area contributed by atoms with Gasteiger partial charge in [-0.2, -0.15) is 4.31 Å². The SMILES string of the molecule is CCOP(=O)(OCC)N(CCCN(CCCN)S(=O)(=O)c1ccc(C)cc1)S(=O)(=O)c1ccc(C)cc1. The summed E-state index contributed by atoms with van der Waals surface area (Å²) in [6.07, 6.45) is 0.470. The first-order valence-electron chi connectivity index (χ1n) is 12.2. The zero-order valence-corrected chi connectivity index (χ0v) is 24.4. The Labute approximate surface area is 221 Å². The lowest BCUT2D eigenvalue weighted by Gasteiger charge is -2.30. The quantitative estimate of drug-likeness (QED) is 0.298. The van der Waals surface area contributed by atoms with E-state index >= 15 is 0 Å². The van der Waals surface area contributed by atoms with Gasteiger partial charge >= 0.3 is 7.75 Å². The highest BCUT2D eigenvalue weighted by atomic mass is 32.2. The van der Waals surface area contributed by atoms with Crippen LogP contribution in [0.5, 0.6) is 0 Å². The molecule has 208 valence electrons. The van der Waals surface area contributed by atoms with Gasteiger partial charge in [0.1, 0.15) is 0 Å². The lowest BCUT2D eigenvalue weighted by molar-refractivity contribution is 0.190. The average molecular weight is 576 g/mol. The normalized spacial score (nSPS) is 12.9.